The molecule has 0 unspecified atom stereocenters. The fourth-order valence-corrected chi connectivity index (χ4v) is 2.63. The van der Waals surface area contributed by atoms with Crippen LogP contribution in [0.2, 0.25) is 0 Å². The monoisotopic (exact) mass is 305 g/mol. The Balaban J connectivity index is 1.83. The largest absolute Gasteiger partial charge is 0.493 e. The lowest BCUT2D eigenvalue weighted by atomic mass is 10.1. The van der Waals surface area contributed by atoms with Crippen LogP contribution in [0.4, 0.5) is 0 Å². The van der Waals surface area contributed by atoms with Crippen molar-refractivity contribution in [3.63, 3.8) is 0 Å². The number of rotatable bonds is 7. The van der Waals surface area contributed by atoms with Crippen LogP contribution in [0.3, 0.4) is 0 Å². The maximum absolute atomic E-state index is 11.8. The summed E-state index contributed by atoms with van der Waals surface area (Å²) in [6.07, 6.45) is 1.14. The number of hydrogen-bond donors (Lipinski definition) is 1. The first-order chi connectivity index (χ1) is 10.2. The average Bonchev–Trinajstić information content (AvgIpc) is 3.04. The Kier molecular flexibility index (Phi) is 5.63. The van der Waals surface area contributed by atoms with Crippen molar-refractivity contribution in [2.75, 3.05) is 14.2 Å². The third-order valence-corrected chi connectivity index (χ3v) is 4.00. The Labute approximate surface area is 128 Å². The van der Waals surface area contributed by atoms with Gasteiger partial charge < -0.3 is 14.8 Å². The standard InChI is InChI=1S/C16H19NO3S/c1-19-14-7-5-12(10-15(14)20-2)6-8-16(18)17-11-13-4-3-9-21-13/h3-5,7,9-10H,6,8,11H2,1-2H3,(H,17,18). The van der Waals surface area contributed by atoms with Gasteiger partial charge in [0.05, 0.1) is 20.8 Å². The van der Waals surface area contributed by atoms with Gasteiger partial charge in [-0.25, -0.2) is 0 Å². The molecule has 0 atom stereocenters. The van der Waals surface area contributed by atoms with Crippen molar-refractivity contribution < 1.29 is 14.3 Å². The van der Waals surface area contributed by atoms with Gasteiger partial charge in [0.2, 0.25) is 5.91 Å². The number of benzene rings is 1. The molecule has 2 rings (SSSR count). The van der Waals surface area contributed by atoms with E-state index >= 15 is 0 Å². The quantitative estimate of drug-likeness (QED) is 0.855. The van der Waals surface area contributed by atoms with Gasteiger partial charge in [-0.05, 0) is 35.6 Å². The van der Waals surface area contributed by atoms with Gasteiger partial charge in [-0.2, -0.15) is 0 Å². The number of carbonyl (C=O) groups is 1. The van der Waals surface area contributed by atoms with Gasteiger partial charge in [0, 0.05) is 11.3 Å². The normalized spacial score (nSPS) is 10.2. The molecule has 0 fully saturated rings. The second-order valence-corrected chi connectivity index (χ2v) is 5.58. The molecule has 1 N–H and O–H groups in total. The van der Waals surface area contributed by atoms with E-state index in [-0.39, 0.29) is 5.91 Å². The number of nitrogens with one attached hydrogen (secondary N) is 1. The number of hydrogen-bond acceptors (Lipinski definition) is 4. The minimum absolute atomic E-state index is 0.0539. The van der Waals surface area contributed by atoms with Gasteiger partial charge in [0.1, 0.15) is 0 Å². The number of methoxy groups -OCH3 is 2. The Morgan fingerprint density at radius 1 is 1.19 bits per heavy atom. The first-order valence-corrected chi connectivity index (χ1v) is 7.61. The Morgan fingerprint density at radius 2 is 2.00 bits per heavy atom. The third kappa shape index (κ3) is 4.49. The summed E-state index contributed by atoms with van der Waals surface area (Å²) in [4.78, 5) is 13.0. The number of thiophene rings is 1. The summed E-state index contributed by atoms with van der Waals surface area (Å²) in [5.41, 5.74) is 1.05. The van der Waals surface area contributed by atoms with Gasteiger partial charge in [-0.3, -0.25) is 4.79 Å². The summed E-state index contributed by atoms with van der Waals surface area (Å²) >= 11 is 1.64. The van der Waals surface area contributed by atoms with Crippen molar-refractivity contribution in [3.8, 4) is 11.5 Å². The second kappa shape index (κ2) is 7.69. The molecule has 4 nitrogen and oxygen atoms in total. The average molecular weight is 305 g/mol. The van der Waals surface area contributed by atoms with Crippen LogP contribution in [0, 0.1) is 0 Å². The van der Waals surface area contributed by atoms with Crippen LogP contribution in [0.25, 0.3) is 0 Å². The highest BCUT2D eigenvalue weighted by atomic mass is 32.1. The van der Waals surface area contributed by atoms with E-state index in [9.17, 15) is 4.79 Å². The molecule has 1 aromatic carbocycles. The molecule has 1 amide bonds. The molecule has 0 aliphatic heterocycles. The molecule has 112 valence electrons. The molecular formula is C16H19NO3S. The van der Waals surface area contributed by atoms with Crippen molar-refractivity contribution in [1.82, 2.24) is 5.32 Å². The first-order valence-electron chi connectivity index (χ1n) is 6.73. The lowest BCUT2D eigenvalue weighted by Gasteiger charge is -2.09. The van der Waals surface area contributed by atoms with Crippen molar-refractivity contribution >= 4 is 17.2 Å². The van der Waals surface area contributed by atoms with Crippen LogP contribution < -0.4 is 14.8 Å². The van der Waals surface area contributed by atoms with Gasteiger partial charge in [-0.1, -0.05) is 12.1 Å². The fraction of sp³-hybridized carbons (Fsp3) is 0.312. The maximum atomic E-state index is 11.8. The zero-order chi connectivity index (χ0) is 15.1. The number of amides is 1. The predicted octanol–water partition coefficient (Wildman–Crippen LogP) is 3.01. The van der Waals surface area contributed by atoms with E-state index in [0.717, 1.165) is 10.4 Å². The van der Waals surface area contributed by atoms with E-state index in [1.165, 1.54) is 0 Å². The molecule has 0 bridgehead atoms. The van der Waals surface area contributed by atoms with E-state index in [0.29, 0.717) is 30.9 Å². The van der Waals surface area contributed by atoms with E-state index in [2.05, 4.69) is 5.32 Å². The molecule has 0 radical (unpaired) electrons. The second-order valence-electron chi connectivity index (χ2n) is 4.55. The molecule has 0 saturated heterocycles. The zero-order valence-corrected chi connectivity index (χ0v) is 13.0. The van der Waals surface area contributed by atoms with Gasteiger partial charge in [0.15, 0.2) is 11.5 Å². The van der Waals surface area contributed by atoms with E-state index in [1.54, 1.807) is 25.6 Å². The van der Waals surface area contributed by atoms with E-state index in [1.807, 2.05) is 35.7 Å². The summed E-state index contributed by atoms with van der Waals surface area (Å²) in [6.45, 7) is 0.600. The Hall–Kier alpha value is -2.01. The number of carbonyl (C=O) groups excluding carboxylic acids is 1. The predicted molar refractivity (Wildman–Crippen MR) is 84.0 cm³/mol. The molecule has 21 heavy (non-hydrogen) atoms. The first kappa shape index (κ1) is 15.4. The Morgan fingerprint density at radius 3 is 2.67 bits per heavy atom. The van der Waals surface area contributed by atoms with Crippen molar-refractivity contribution in [2.45, 2.75) is 19.4 Å². The number of aryl methyl sites for hydroxylation is 1. The highest BCUT2D eigenvalue weighted by Crippen LogP contribution is 2.27. The van der Waals surface area contributed by atoms with Crippen LogP contribution >= 0.6 is 11.3 Å². The zero-order valence-electron chi connectivity index (χ0n) is 12.2. The fourth-order valence-electron chi connectivity index (χ4n) is 1.98. The lowest BCUT2D eigenvalue weighted by Crippen LogP contribution is -2.22. The lowest BCUT2D eigenvalue weighted by molar-refractivity contribution is -0.121. The minimum atomic E-state index is 0.0539. The van der Waals surface area contributed by atoms with Crippen molar-refractivity contribution in [1.29, 1.82) is 0 Å². The van der Waals surface area contributed by atoms with Crippen LogP contribution in [-0.2, 0) is 17.8 Å². The summed E-state index contributed by atoms with van der Waals surface area (Å²) in [5, 5.41) is 4.93. The van der Waals surface area contributed by atoms with Crippen LogP contribution in [0.15, 0.2) is 35.7 Å². The summed E-state index contributed by atoms with van der Waals surface area (Å²) < 4.78 is 10.4. The molecule has 0 aliphatic carbocycles. The highest BCUT2D eigenvalue weighted by Gasteiger charge is 2.07. The molecule has 0 aliphatic rings. The van der Waals surface area contributed by atoms with E-state index < -0.39 is 0 Å². The van der Waals surface area contributed by atoms with Crippen LogP contribution in [-0.4, -0.2) is 20.1 Å². The molecular weight excluding hydrogens is 286 g/mol. The minimum Gasteiger partial charge on any atom is -0.493 e. The van der Waals surface area contributed by atoms with Gasteiger partial charge in [-0.15, -0.1) is 11.3 Å². The topological polar surface area (TPSA) is 47.6 Å². The highest BCUT2D eigenvalue weighted by molar-refractivity contribution is 7.09. The smallest absolute Gasteiger partial charge is 0.220 e. The van der Waals surface area contributed by atoms with Crippen molar-refractivity contribution in [2.24, 2.45) is 0 Å². The van der Waals surface area contributed by atoms with Crippen LogP contribution in [0.5, 0.6) is 11.5 Å². The molecule has 0 saturated carbocycles. The molecule has 1 aromatic heterocycles. The Bertz CT molecular complexity index is 581. The maximum Gasteiger partial charge on any atom is 0.220 e. The number of ether oxygens (including phenoxy) is 2. The van der Waals surface area contributed by atoms with Gasteiger partial charge in [0.25, 0.3) is 0 Å². The summed E-state index contributed by atoms with van der Waals surface area (Å²) in [7, 11) is 3.21. The molecule has 1 heterocycles. The molecule has 0 spiro atoms. The SMILES string of the molecule is COc1ccc(CCC(=O)NCc2cccs2)cc1OC. The summed E-state index contributed by atoms with van der Waals surface area (Å²) in [6, 6.07) is 9.71. The third-order valence-electron chi connectivity index (χ3n) is 3.13. The van der Waals surface area contributed by atoms with Gasteiger partial charge >= 0.3 is 0 Å². The van der Waals surface area contributed by atoms with Crippen LogP contribution in [0.1, 0.15) is 16.9 Å². The molecule has 5 heteroatoms. The summed E-state index contributed by atoms with van der Waals surface area (Å²) in [5.74, 6) is 1.44. The van der Waals surface area contributed by atoms with Crippen molar-refractivity contribution in [3.05, 3.63) is 46.2 Å². The van der Waals surface area contributed by atoms with E-state index in [4.69, 9.17) is 9.47 Å². The molecule has 2 aromatic rings.